The summed E-state index contributed by atoms with van der Waals surface area (Å²) >= 11 is 6.24. The molecule has 0 saturated carbocycles. The topological polar surface area (TPSA) is 160 Å². The molecule has 0 radical (unpaired) electrons. The predicted octanol–water partition coefficient (Wildman–Crippen LogP) is 3.78. The molecular weight excluding hydrogens is 484 g/mol. The summed E-state index contributed by atoms with van der Waals surface area (Å²) in [5.41, 5.74) is 9.48. The smallest absolute Gasteiger partial charge is 0.269 e. The highest BCUT2D eigenvalue weighted by Crippen LogP contribution is 2.36. The molecule has 184 valence electrons. The first-order valence-electron chi connectivity index (χ1n) is 10.7. The van der Waals surface area contributed by atoms with Gasteiger partial charge < -0.3 is 31.4 Å². The van der Waals surface area contributed by atoms with Gasteiger partial charge >= 0.3 is 0 Å². The summed E-state index contributed by atoms with van der Waals surface area (Å²) in [6, 6.07) is 11.1. The molecule has 0 fully saturated rings. The summed E-state index contributed by atoms with van der Waals surface area (Å²) in [4.78, 5) is 38.7. The highest BCUT2D eigenvalue weighted by Gasteiger charge is 2.16. The number of imidazole rings is 1. The number of nitrogens with two attached hydrogens (primary N) is 1. The molecule has 12 heteroatoms. The van der Waals surface area contributed by atoms with Gasteiger partial charge in [0.05, 0.1) is 25.3 Å². The van der Waals surface area contributed by atoms with Crippen molar-refractivity contribution in [3.8, 4) is 16.9 Å². The van der Waals surface area contributed by atoms with Crippen molar-refractivity contribution >= 4 is 46.7 Å². The van der Waals surface area contributed by atoms with Crippen molar-refractivity contribution in [2.24, 2.45) is 5.73 Å². The Labute approximate surface area is 211 Å². The van der Waals surface area contributed by atoms with Crippen molar-refractivity contribution in [3.63, 3.8) is 0 Å². The zero-order valence-corrected chi connectivity index (χ0v) is 20.4. The number of hydrogen-bond donors (Lipinski definition) is 5. The normalized spacial score (nSPS) is 10.6. The first-order valence-corrected chi connectivity index (χ1v) is 11.1. The van der Waals surface area contributed by atoms with Crippen LogP contribution in [-0.2, 0) is 0 Å². The van der Waals surface area contributed by atoms with Crippen LogP contribution in [0.5, 0.6) is 5.75 Å². The molecule has 4 rings (SSSR count). The van der Waals surface area contributed by atoms with E-state index in [4.69, 9.17) is 22.1 Å². The number of rotatable bonds is 8. The minimum atomic E-state index is -0.679. The van der Waals surface area contributed by atoms with Gasteiger partial charge in [-0.05, 0) is 47.9 Å². The highest BCUT2D eigenvalue weighted by molar-refractivity contribution is 6.33. The van der Waals surface area contributed by atoms with Gasteiger partial charge in [0.25, 0.3) is 11.8 Å². The van der Waals surface area contributed by atoms with Gasteiger partial charge in [-0.3, -0.25) is 9.59 Å². The highest BCUT2D eigenvalue weighted by atomic mass is 35.5. The lowest BCUT2D eigenvalue weighted by atomic mass is 9.98. The van der Waals surface area contributed by atoms with E-state index in [1.807, 2.05) is 31.2 Å². The molecule has 0 spiro atoms. The molecule has 6 N–H and O–H groups in total. The van der Waals surface area contributed by atoms with Crippen molar-refractivity contribution in [1.29, 1.82) is 0 Å². The summed E-state index contributed by atoms with van der Waals surface area (Å²) in [7, 11) is 3.16. The molecule has 0 atom stereocenters. The van der Waals surface area contributed by atoms with Crippen molar-refractivity contribution in [3.05, 3.63) is 70.8 Å². The number of halogens is 1. The van der Waals surface area contributed by atoms with E-state index in [1.54, 1.807) is 26.3 Å². The lowest BCUT2D eigenvalue weighted by molar-refractivity contribution is 0.0961. The molecule has 2 aromatic heterocycles. The van der Waals surface area contributed by atoms with Gasteiger partial charge in [-0.1, -0.05) is 23.7 Å². The minimum absolute atomic E-state index is 0.0930. The van der Waals surface area contributed by atoms with Crippen molar-refractivity contribution in [2.45, 2.75) is 6.92 Å². The third-order valence-corrected chi connectivity index (χ3v) is 5.62. The largest absolute Gasteiger partial charge is 0.495 e. The van der Waals surface area contributed by atoms with E-state index in [2.05, 4.69) is 35.9 Å². The summed E-state index contributed by atoms with van der Waals surface area (Å²) in [6.45, 7) is 1.96. The Morgan fingerprint density at radius 1 is 1.08 bits per heavy atom. The number of ether oxygens (including phenoxy) is 1. The van der Waals surface area contributed by atoms with Crippen molar-refractivity contribution < 1.29 is 14.3 Å². The Morgan fingerprint density at radius 2 is 1.83 bits per heavy atom. The maximum atomic E-state index is 11.8. The number of nitrogens with zero attached hydrogens (tertiary/aromatic N) is 3. The first-order chi connectivity index (χ1) is 17.3. The van der Waals surface area contributed by atoms with E-state index >= 15 is 0 Å². The van der Waals surface area contributed by atoms with Gasteiger partial charge in [0, 0.05) is 12.6 Å². The molecule has 36 heavy (non-hydrogen) atoms. The van der Waals surface area contributed by atoms with Crippen LogP contribution in [0.3, 0.4) is 0 Å². The Balaban J connectivity index is 1.62. The number of aromatic amines is 1. The van der Waals surface area contributed by atoms with E-state index in [9.17, 15) is 9.59 Å². The van der Waals surface area contributed by atoms with E-state index in [0.29, 0.717) is 17.0 Å². The van der Waals surface area contributed by atoms with Crippen LogP contribution < -0.4 is 26.4 Å². The summed E-state index contributed by atoms with van der Waals surface area (Å²) in [5, 5.41) is 8.86. The van der Waals surface area contributed by atoms with Crippen LogP contribution in [0.4, 0.5) is 23.3 Å². The van der Waals surface area contributed by atoms with Crippen LogP contribution >= 0.6 is 11.6 Å². The molecule has 2 aromatic carbocycles. The quantitative estimate of drug-likeness (QED) is 0.241. The lowest BCUT2D eigenvalue weighted by Gasteiger charge is -2.16. The molecule has 0 bridgehead atoms. The summed E-state index contributed by atoms with van der Waals surface area (Å²) in [5.74, 6) is 0.384. The number of primary amides is 1. The van der Waals surface area contributed by atoms with Crippen LogP contribution in [0.1, 0.15) is 26.4 Å². The standard InChI is InChI=1S/C24H23ClN8O3/c1-12-8-17(18(36-3)9-15(12)13-4-6-14(7-5-13)23(35)27-2)31-24-28-10-16(25)21(33-24)32-22-19(20(26)34)29-11-30-22/h4-11H,1-3H3,(H2,26,34)(H,27,35)(H,29,30)(H2,28,31,32,33). The second-order valence-corrected chi connectivity index (χ2v) is 8.06. The zero-order chi connectivity index (χ0) is 25.8. The molecule has 0 aliphatic heterocycles. The maximum Gasteiger partial charge on any atom is 0.269 e. The van der Waals surface area contributed by atoms with Gasteiger partial charge in [-0.2, -0.15) is 4.98 Å². The Hall–Kier alpha value is -4.64. The lowest BCUT2D eigenvalue weighted by Crippen LogP contribution is -2.17. The second-order valence-electron chi connectivity index (χ2n) is 7.65. The molecular formula is C24H23ClN8O3. The fourth-order valence-electron chi connectivity index (χ4n) is 3.54. The zero-order valence-electron chi connectivity index (χ0n) is 19.6. The van der Waals surface area contributed by atoms with E-state index in [0.717, 1.165) is 16.7 Å². The monoisotopic (exact) mass is 506 g/mol. The fourth-order valence-corrected chi connectivity index (χ4v) is 3.67. The number of hydrogen-bond acceptors (Lipinski definition) is 8. The van der Waals surface area contributed by atoms with Gasteiger partial charge in [-0.25, -0.2) is 9.97 Å². The average Bonchev–Trinajstić information content (AvgIpc) is 3.34. The number of aromatic nitrogens is 4. The molecule has 0 unspecified atom stereocenters. The van der Waals surface area contributed by atoms with Crippen LogP contribution in [0.25, 0.3) is 11.1 Å². The summed E-state index contributed by atoms with van der Waals surface area (Å²) in [6.07, 6.45) is 2.75. The number of aryl methyl sites for hydroxylation is 1. The van der Waals surface area contributed by atoms with E-state index < -0.39 is 5.91 Å². The van der Waals surface area contributed by atoms with Crippen LogP contribution in [-0.4, -0.2) is 45.9 Å². The van der Waals surface area contributed by atoms with Gasteiger partial charge in [0.2, 0.25) is 5.95 Å². The molecule has 2 amide bonds. The second kappa shape index (κ2) is 10.3. The van der Waals surface area contributed by atoms with Crippen molar-refractivity contribution in [2.75, 3.05) is 24.8 Å². The van der Waals surface area contributed by atoms with Crippen LogP contribution in [0.2, 0.25) is 5.02 Å². The predicted molar refractivity (Wildman–Crippen MR) is 137 cm³/mol. The average molecular weight is 507 g/mol. The van der Waals surface area contributed by atoms with Crippen LogP contribution in [0.15, 0.2) is 48.9 Å². The number of benzene rings is 2. The van der Waals surface area contributed by atoms with Gasteiger partial charge in [0.15, 0.2) is 11.6 Å². The molecule has 0 aliphatic carbocycles. The van der Waals surface area contributed by atoms with Gasteiger partial charge in [-0.15, -0.1) is 0 Å². The first kappa shape index (κ1) is 24.5. The molecule has 11 nitrogen and oxygen atoms in total. The number of amides is 2. The molecule has 0 aliphatic rings. The SMILES string of the molecule is CNC(=O)c1ccc(-c2cc(OC)c(Nc3ncc(Cl)c(Nc4nc[nH]c4C(N)=O)n3)cc2C)cc1. The molecule has 2 heterocycles. The maximum absolute atomic E-state index is 11.8. The molecule has 0 saturated heterocycles. The molecule has 4 aromatic rings. The number of H-pyrrole nitrogens is 1. The fraction of sp³-hybridized carbons (Fsp3) is 0.125. The van der Waals surface area contributed by atoms with Gasteiger partial charge in [0.1, 0.15) is 16.5 Å². The Morgan fingerprint density at radius 3 is 2.50 bits per heavy atom. The van der Waals surface area contributed by atoms with E-state index in [-0.39, 0.29) is 34.2 Å². The Kier molecular flexibility index (Phi) is 7.02. The van der Waals surface area contributed by atoms with E-state index in [1.165, 1.54) is 12.5 Å². The van der Waals surface area contributed by atoms with Crippen LogP contribution in [0, 0.1) is 6.92 Å². The Bertz CT molecular complexity index is 1440. The number of nitrogens with one attached hydrogen (secondary N) is 4. The number of methoxy groups -OCH3 is 1. The third kappa shape index (κ3) is 5.05. The minimum Gasteiger partial charge on any atom is -0.495 e. The third-order valence-electron chi connectivity index (χ3n) is 5.34. The van der Waals surface area contributed by atoms with Crippen molar-refractivity contribution in [1.82, 2.24) is 25.3 Å². The number of anilines is 4. The number of carbonyl (C=O) groups excluding carboxylic acids is 2. The number of carbonyl (C=O) groups is 2. The summed E-state index contributed by atoms with van der Waals surface area (Å²) < 4.78 is 5.61.